The van der Waals surface area contributed by atoms with Gasteiger partial charge in [0.15, 0.2) is 0 Å². The van der Waals surface area contributed by atoms with Crippen molar-refractivity contribution in [1.29, 1.82) is 0 Å². The molecule has 3 amide bonds. The summed E-state index contributed by atoms with van der Waals surface area (Å²) in [5.41, 5.74) is 2.76. The fourth-order valence-corrected chi connectivity index (χ4v) is 5.32. The van der Waals surface area contributed by atoms with Gasteiger partial charge in [-0.15, -0.1) is 0 Å². The van der Waals surface area contributed by atoms with E-state index >= 15 is 0 Å². The van der Waals surface area contributed by atoms with Gasteiger partial charge in [-0.3, -0.25) is 14.4 Å². The summed E-state index contributed by atoms with van der Waals surface area (Å²) in [6.07, 6.45) is 2.26. The predicted molar refractivity (Wildman–Crippen MR) is 122 cm³/mol. The number of rotatable bonds is 3. The van der Waals surface area contributed by atoms with Gasteiger partial charge in [0, 0.05) is 45.1 Å². The summed E-state index contributed by atoms with van der Waals surface area (Å²) in [5.74, 6) is -1.12. The first-order chi connectivity index (χ1) is 16.0. The van der Waals surface area contributed by atoms with E-state index in [1.807, 2.05) is 17.0 Å². The molecule has 0 unspecified atom stereocenters. The second-order valence-corrected chi connectivity index (χ2v) is 9.23. The topological polar surface area (TPSA) is 60.9 Å². The van der Waals surface area contributed by atoms with Gasteiger partial charge in [-0.05, 0) is 42.5 Å². The molecular formula is C26H28FN3O3. The van der Waals surface area contributed by atoms with Gasteiger partial charge in [-0.1, -0.05) is 36.4 Å². The Balaban J connectivity index is 1.16. The molecule has 3 aliphatic rings. The number of piperidine rings is 1. The Labute approximate surface area is 193 Å². The summed E-state index contributed by atoms with van der Waals surface area (Å²) in [6, 6.07) is 14.4. The minimum atomic E-state index is -0.469. The lowest BCUT2D eigenvalue weighted by molar-refractivity contribution is -0.143. The number of amides is 3. The van der Waals surface area contributed by atoms with Gasteiger partial charge in [-0.2, -0.15) is 0 Å². The molecule has 0 N–H and O–H groups in total. The minimum absolute atomic E-state index is 0.0695. The van der Waals surface area contributed by atoms with Crippen LogP contribution >= 0.6 is 0 Å². The smallest absolute Gasteiger partial charge is 0.228 e. The second kappa shape index (κ2) is 8.96. The van der Waals surface area contributed by atoms with Crippen molar-refractivity contribution in [2.75, 3.05) is 31.1 Å². The quantitative estimate of drug-likeness (QED) is 0.724. The highest BCUT2D eigenvalue weighted by Gasteiger charge is 2.39. The zero-order valence-electron chi connectivity index (χ0n) is 18.6. The number of fused-ring (bicyclic) bond motifs is 1. The van der Waals surface area contributed by atoms with Gasteiger partial charge in [-0.25, -0.2) is 4.39 Å². The zero-order valence-corrected chi connectivity index (χ0v) is 18.6. The van der Waals surface area contributed by atoms with Gasteiger partial charge < -0.3 is 14.7 Å². The van der Waals surface area contributed by atoms with Crippen LogP contribution in [0.25, 0.3) is 0 Å². The Morgan fingerprint density at radius 3 is 2.24 bits per heavy atom. The summed E-state index contributed by atoms with van der Waals surface area (Å²) in [5, 5.41) is 0. The van der Waals surface area contributed by atoms with Crippen LogP contribution in [0.4, 0.5) is 10.1 Å². The highest BCUT2D eigenvalue weighted by atomic mass is 19.1. The molecule has 0 radical (unpaired) electrons. The maximum atomic E-state index is 14.1. The Morgan fingerprint density at radius 1 is 0.818 bits per heavy atom. The van der Waals surface area contributed by atoms with E-state index in [4.69, 9.17) is 0 Å². The molecule has 1 atom stereocenters. The third-order valence-electron chi connectivity index (χ3n) is 7.22. The lowest BCUT2D eigenvalue weighted by Crippen LogP contribution is -2.47. The van der Waals surface area contributed by atoms with Gasteiger partial charge in [0.05, 0.1) is 11.6 Å². The molecule has 7 heteroatoms. The third-order valence-corrected chi connectivity index (χ3v) is 7.22. The van der Waals surface area contributed by atoms with E-state index in [0.29, 0.717) is 32.5 Å². The van der Waals surface area contributed by atoms with Crippen LogP contribution in [0.3, 0.4) is 0 Å². The Bertz CT molecular complexity index is 1080. The van der Waals surface area contributed by atoms with E-state index in [9.17, 15) is 18.8 Å². The van der Waals surface area contributed by atoms with Crippen LogP contribution in [0.15, 0.2) is 48.5 Å². The summed E-state index contributed by atoms with van der Waals surface area (Å²) in [6.45, 7) is 2.63. The molecule has 33 heavy (non-hydrogen) atoms. The Kier molecular flexibility index (Phi) is 5.87. The first-order valence-corrected chi connectivity index (χ1v) is 11.7. The second-order valence-electron chi connectivity index (χ2n) is 9.23. The minimum Gasteiger partial charge on any atom is -0.342 e. The van der Waals surface area contributed by atoms with Crippen LogP contribution in [-0.4, -0.2) is 53.7 Å². The van der Waals surface area contributed by atoms with Crippen molar-refractivity contribution in [2.24, 2.45) is 11.8 Å². The van der Waals surface area contributed by atoms with Crippen LogP contribution in [0, 0.1) is 17.7 Å². The first kappa shape index (κ1) is 21.6. The van der Waals surface area contributed by atoms with Crippen molar-refractivity contribution in [2.45, 2.75) is 32.2 Å². The molecule has 3 aliphatic heterocycles. The normalized spacial score (nSPS) is 21.3. The number of carbonyl (C=O) groups is 3. The number of anilines is 1. The number of benzene rings is 2. The molecule has 2 aromatic carbocycles. The molecule has 172 valence electrons. The summed E-state index contributed by atoms with van der Waals surface area (Å²) in [4.78, 5) is 43.8. The highest BCUT2D eigenvalue weighted by Crippen LogP contribution is 2.30. The van der Waals surface area contributed by atoms with Gasteiger partial charge >= 0.3 is 0 Å². The van der Waals surface area contributed by atoms with Gasteiger partial charge in [0.25, 0.3) is 0 Å². The SMILES string of the molecule is O=C(C1CCN(C(=O)[C@@H]2CC(=O)N(c3ccccc3F)C2)CC1)N1CCc2ccccc2C1. The van der Waals surface area contributed by atoms with Crippen molar-refractivity contribution in [3.8, 4) is 0 Å². The van der Waals surface area contributed by atoms with Gasteiger partial charge in [0.2, 0.25) is 17.7 Å². The average Bonchev–Trinajstić information content (AvgIpc) is 3.24. The monoisotopic (exact) mass is 449 g/mol. The molecule has 0 aromatic heterocycles. The van der Waals surface area contributed by atoms with Crippen molar-refractivity contribution in [1.82, 2.24) is 9.80 Å². The maximum absolute atomic E-state index is 14.1. The van der Waals surface area contributed by atoms with E-state index in [-0.39, 0.29) is 42.3 Å². The molecular weight excluding hydrogens is 421 g/mol. The largest absolute Gasteiger partial charge is 0.342 e. The molecule has 0 saturated carbocycles. The number of hydrogen-bond donors (Lipinski definition) is 0. The fraction of sp³-hybridized carbons (Fsp3) is 0.423. The van der Waals surface area contributed by atoms with E-state index < -0.39 is 11.7 Å². The Hall–Kier alpha value is -3.22. The molecule has 0 spiro atoms. The molecule has 2 saturated heterocycles. The van der Waals surface area contributed by atoms with Crippen molar-refractivity contribution in [3.05, 3.63) is 65.5 Å². The molecule has 2 aromatic rings. The molecule has 6 nitrogen and oxygen atoms in total. The lowest BCUT2D eigenvalue weighted by Gasteiger charge is -2.36. The van der Waals surface area contributed by atoms with E-state index in [0.717, 1.165) is 13.0 Å². The third kappa shape index (κ3) is 4.24. The van der Waals surface area contributed by atoms with Crippen LogP contribution in [0.5, 0.6) is 0 Å². The zero-order chi connectivity index (χ0) is 22.9. The molecule has 2 fully saturated rings. The molecule has 0 bridgehead atoms. The number of hydrogen-bond acceptors (Lipinski definition) is 3. The Morgan fingerprint density at radius 2 is 1.48 bits per heavy atom. The van der Waals surface area contributed by atoms with Crippen molar-refractivity contribution < 1.29 is 18.8 Å². The molecule has 0 aliphatic carbocycles. The average molecular weight is 450 g/mol. The summed E-state index contributed by atoms with van der Waals surface area (Å²) >= 11 is 0. The van der Waals surface area contributed by atoms with Crippen molar-refractivity contribution in [3.63, 3.8) is 0 Å². The number of carbonyl (C=O) groups excluding carboxylic acids is 3. The summed E-state index contributed by atoms with van der Waals surface area (Å²) < 4.78 is 14.1. The van der Waals surface area contributed by atoms with E-state index in [1.165, 1.54) is 22.1 Å². The van der Waals surface area contributed by atoms with Crippen LogP contribution in [-0.2, 0) is 27.3 Å². The van der Waals surface area contributed by atoms with Crippen LogP contribution in [0.2, 0.25) is 0 Å². The standard InChI is InChI=1S/C26H28FN3O3/c27-22-7-3-4-8-23(22)30-17-21(15-24(30)31)26(33)28-12-10-19(11-13-28)25(32)29-14-9-18-5-1-2-6-20(18)16-29/h1-8,19,21H,9-17H2/t21-/m1/s1. The summed E-state index contributed by atoms with van der Waals surface area (Å²) in [7, 11) is 0. The highest BCUT2D eigenvalue weighted by molar-refractivity contribution is 6.00. The maximum Gasteiger partial charge on any atom is 0.228 e. The fourth-order valence-electron chi connectivity index (χ4n) is 5.32. The lowest BCUT2D eigenvalue weighted by atomic mass is 9.92. The van der Waals surface area contributed by atoms with Crippen LogP contribution < -0.4 is 4.90 Å². The molecule has 5 rings (SSSR count). The van der Waals surface area contributed by atoms with E-state index in [1.54, 1.807) is 23.1 Å². The number of para-hydroxylation sites is 1. The number of halogens is 1. The number of nitrogens with zero attached hydrogens (tertiary/aromatic N) is 3. The van der Waals surface area contributed by atoms with E-state index in [2.05, 4.69) is 12.1 Å². The predicted octanol–water partition coefficient (Wildman–Crippen LogP) is 3.00. The van der Waals surface area contributed by atoms with Gasteiger partial charge in [0.1, 0.15) is 5.82 Å². The van der Waals surface area contributed by atoms with Crippen LogP contribution in [0.1, 0.15) is 30.4 Å². The van der Waals surface area contributed by atoms with Crippen molar-refractivity contribution >= 4 is 23.4 Å². The first-order valence-electron chi connectivity index (χ1n) is 11.7. The number of likely N-dealkylation sites (tertiary alicyclic amines) is 1. The molecule has 3 heterocycles.